The van der Waals surface area contributed by atoms with E-state index in [-0.39, 0.29) is 5.82 Å². The summed E-state index contributed by atoms with van der Waals surface area (Å²) in [4.78, 5) is 0. The summed E-state index contributed by atoms with van der Waals surface area (Å²) in [6.45, 7) is 3.13. The molecule has 1 nitrogen and oxygen atoms in total. The van der Waals surface area contributed by atoms with Crippen LogP contribution in [0.15, 0.2) is 30.5 Å². The van der Waals surface area contributed by atoms with Gasteiger partial charge in [-0.1, -0.05) is 19.4 Å². The lowest BCUT2D eigenvalue weighted by molar-refractivity contribution is 0.636. The Labute approximate surface area is 83.2 Å². The van der Waals surface area contributed by atoms with Crippen LogP contribution in [0.25, 0.3) is 10.9 Å². The van der Waals surface area contributed by atoms with Gasteiger partial charge in [-0.2, -0.15) is 0 Å². The summed E-state index contributed by atoms with van der Waals surface area (Å²) in [7, 11) is 0. The second kappa shape index (κ2) is 3.82. The van der Waals surface area contributed by atoms with E-state index in [1.807, 2.05) is 18.3 Å². The number of aryl methyl sites for hydroxylation is 1. The fraction of sp³-hybridized carbons (Fsp3) is 0.333. The van der Waals surface area contributed by atoms with Crippen LogP contribution in [0.4, 0.5) is 4.39 Å². The Morgan fingerprint density at radius 1 is 1.29 bits per heavy atom. The van der Waals surface area contributed by atoms with Gasteiger partial charge in [0.05, 0.1) is 5.52 Å². The zero-order chi connectivity index (χ0) is 9.97. The maximum absolute atomic E-state index is 13.3. The molecule has 1 aromatic carbocycles. The van der Waals surface area contributed by atoms with Crippen molar-refractivity contribution < 1.29 is 4.39 Å². The molecular formula is C12H14FN. The molecule has 2 aromatic rings. The second-order valence-corrected chi connectivity index (χ2v) is 3.54. The molecule has 0 saturated carbocycles. The van der Waals surface area contributed by atoms with Crippen LogP contribution in [0.3, 0.4) is 0 Å². The highest BCUT2D eigenvalue weighted by Gasteiger charge is 2.03. The zero-order valence-corrected chi connectivity index (χ0v) is 8.33. The van der Waals surface area contributed by atoms with Crippen molar-refractivity contribution in [2.24, 2.45) is 0 Å². The highest BCUT2D eigenvalue weighted by atomic mass is 19.1. The maximum Gasteiger partial charge on any atom is 0.132 e. The van der Waals surface area contributed by atoms with Gasteiger partial charge in [0, 0.05) is 18.1 Å². The molecule has 74 valence electrons. The Morgan fingerprint density at radius 3 is 2.93 bits per heavy atom. The van der Waals surface area contributed by atoms with E-state index in [4.69, 9.17) is 0 Å². The van der Waals surface area contributed by atoms with Crippen molar-refractivity contribution in [1.82, 2.24) is 4.57 Å². The van der Waals surface area contributed by atoms with Crippen LogP contribution in [0.2, 0.25) is 0 Å². The SMILES string of the molecule is CCCCn1ccc2c(F)cccc21. The number of fused-ring (bicyclic) bond motifs is 1. The van der Waals surface area contributed by atoms with Gasteiger partial charge in [0.15, 0.2) is 0 Å². The fourth-order valence-electron chi connectivity index (χ4n) is 1.71. The minimum atomic E-state index is -0.127. The lowest BCUT2D eigenvalue weighted by atomic mass is 10.2. The normalized spacial score (nSPS) is 11.0. The predicted molar refractivity (Wildman–Crippen MR) is 56.8 cm³/mol. The molecule has 0 fully saturated rings. The molecule has 0 aliphatic heterocycles. The van der Waals surface area contributed by atoms with E-state index in [0.717, 1.165) is 30.3 Å². The molecule has 0 radical (unpaired) electrons. The third-order valence-electron chi connectivity index (χ3n) is 2.51. The van der Waals surface area contributed by atoms with E-state index in [0.29, 0.717) is 0 Å². The van der Waals surface area contributed by atoms with Crippen LogP contribution in [0, 0.1) is 5.82 Å². The third-order valence-corrected chi connectivity index (χ3v) is 2.51. The number of hydrogen-bond donors (Lipinski definition) is 0. The molecule has 0 aliphatic carbocycles. The minimum absolute atomic E-state index is 0.127. The molecule has 2 rings (SSSR count). The van der Waals surface area contributed by atoms with Crippen molar-refractivity contribution in [1.29, 1.82) is 0 Å². The first-order valence-electron chi connectivity index (χ1n) is 5.06. The average Bonchev–Trinajstić information content (AvgIpc) is 2.60. The van der Waals surface area contributed by atoms with Crippen LogP contribution in [-0.4, -0.2) is 4.57 Å². The molecule has 0 atom stereocenters. The van der Waals surface area contributed by atoms with E-state index in [2.05, 4.69) is 11.5 Å². The molecule has 0 spiro atoms. The Balaban J connectivity index is 2.42. The first-order valence-corrected chi connectivity index (χ1v) is 5.06. The third kappa shape index (κ3) is 1.52. The topological polar surface area (TPSA) is 4.93 Å². The predicted octanol–water partition coefficient (Wildman–Crippen LogP) is 3.58. The van der Waals surface area contributed by atoms with Gasteiger partial charge in [0.25, 0.3) is 0 Å². The van der Waals surface area contributed by atoms with E-state index in [9.17, 15) is 4.39 Å². The molecule has 2 heteroatoms. The summed E-state index contributed by atoms with van der Waals surface area (Å²) in [5.74, 6) is -0.127. The first-order chi connectivity index (χ1) is 6.83. The number of halogens is 1. The molecule has 1 heterocycles. The van der Waals surface area contributed by atoms with Crippen molar-refractivity contribution in [3.8, 4) is 0 Å². The van der Waals surface area contributed by atoms with Crippen LogP contribution in [0.5, 0.6) is 0 Å². The smallest absolute Gasteiger partial charge is 0.132 e. The van der Waals surface area contributed by atoms with E-state index in [1.54, 1.807) is 6.07 Å². The van der Waals surface area contributed by atoms with Crippen LogP contribution in [0.1, 0.15) is 19.8 Å². The van der Waals surface area contributed by atoms with Crippen LogP contribution >= 0.6 is 0 Å². The summed E-state index contributed by atoms with van der Waals surface area (Å²) in [6.07, 6.45) is 4.26. The molecule has 0 unspecified atom stereocenters. The molecular weight excluding hydrogens is 177 g/mol. The second-order valence-electron chi connectivity index (χ2n) is 3.54. The van der Waals surface area contributed by atoms with Gasteiger partial charge >= 0.3 is 0 Å². The lowest BCUT2D eigenvalue weighted by Crippen LogP contribution is -1.94. The van der Waals surface area contributed by atoms with Crippen molar-refractivity contribution in [2.45, 2.75) is 26.3 Å². The zero-order valence-electron chi connectivity index (χ0n) is 8.33. The Kier molecular flexibility index (Phi) is 2.53. The Bertz CT molecular complexity index is 431. The van der Waals surface area contributed by atoms with E-state index < -0.39 is 0 Å². The summed E-state index contributed by atoms with van der Waals surface area (Å²) < 4.78 is 15.4. The number of benzene rings is 1. The molecule has 0 N–H and O–H groups in total. The van der Waals surface area contributed by atoms with Gasteiger partial charge in [0.1, 0.15) is 5.82 Å². The summed E-state index contributed by atoms with van der Waals surface area (Å²) in [6, 6.07) is 7.08. The van der Waals surface area contributed by atoms with Gasteiger partial charge in [-0.15, -0.1) is 0 Å². The highest BCUT2D eigenvalue weighted by molar-refractivity contribution is 5.80. The minimum Gasteiger partial charge on any atom is -0.347 e. The van der Waals surface area contributed by atoms with Gasteiger partial charge < -0.3 is 4.57 Å². The summed E-state index contributed by atoms with van der Waals surface area (Å²) in [5, 5.41) is 0.726. The number of unbranched alkanes of at least 4 members (excludes halogenated alkanes) is 1. The Morgan fingerprint density at radius 2 is 2.14 bits per heavy atom. The lowest BCUT2D eigenvalue weighted by Gasteiger charge is -2.03. The highest BCUT2D eigenvalue weighted by Crippen LogP contribution is 2.19. The quantitative estimate of drug-likeness (QED) is 0.698. The number of nitrogens with zero attached hydrogens (tertiary/aromatic N) is 1. The van der Waals surface area contributed by atoms with Crippen molar-refractivity contribution in [3.63, 3.8) is 0 Å². The Hall–Kier alpha value is -1.31. The van der Waals surface area contributed by atoms with Crippen molar-refractivity contribution in [3.05, 3.63) is 36.3 Å². The fourth-order valence-corrected chi connectivity index (χ4v) is 1.71. The summed E-state index contributed by atoms with van der Waals surface area (Å²) in [5.41, 5.74) is 0.999. The van der Waals surface area contributed by atoms with E-state index >= 15 is 0 Å². The monoisotopic (exact) mass is 191 g/mol. The van der Waals surface area contributed by atoms with Gasteiger partial charge in [-0.3, -0.25) is 0 Å². The maximum atomic E-state index is 13.3. The van der Waals surface area contributed by atoms with Crippen molar-refractivity contribution >= 4 is 10.9 Å². The van der Waals surface area contributed by atoms with Gasteiger partial charge in [-0.05, 0) is 24.6 Å². The van der Waals surface area contributed by atoms with Crippen LogP contribution < -0.4 is 0 Å². The van der Waals surface area contributed by atoms with Crippen LogP contribution in [-0.2, 0) is 6.54 Å². The summed E-state index contributed by atoms with van der Waals surface area (Å²) >= 11 is 0. The number of rotatable bonds is 3. The van der Waals surface area contributed by atoms with Gasteiger partial charge in [-0.25, -0.2) is 4.39 Å². The standard InChI is InChI=1S/C12H14FN/c1-2-3-8-14-9-7-10-11(13)5-4-6-12(10)14/h4-7,9H,2-3,8H2,1H3. The molecule has 0 saturated heterocycles. The molecule has 0 aliphatic rings. The number of hydrogen-bond acceptors (Lipinski definition) is 0. The van der Waals surface area contributed by atoms with Gasteiger partial charge in [0.2, 0.25) is 0 Å². The van der Waals surface area contributed by atoms with E-state index in [1.165, 1.54) is 6.07 Å². The molecule has 1 aromatic heterocycles. The average molecular weight is 191 g/mol. The molecule has 0 bridgehead atoms. The number of aromatic nitrogens is 1. The van der Waals surface area contributed by atoms with Crippen molar-refractivity contribution in [2.75, 3.05) is 0 Å². The molecule has 14 heavy (non-hydrogen) atoms. The largest absolute Gasteiger partial charge is 0.347 e. The first kappa shape index (κ1) is 9.25. The molecule has 0 amide bonds.